The van der Waals surface area contributed by atoms with Crippen LogP contribution in [0.2, 0.25) is 0 Å². The Bertz CT molecular complexity index is 514. The summed E-state index contributed by atoms with van der Waals surface area (Å²) in [6, 6.07) is 13.0. The summed E-state index contributed by atoms with van der Waals surface area (Å²) in [6.45, 7) is 2.21. The molecule has 19 heavy (non-hydrogen) atoms. The van der Waals surface area contributed by atoms with Gasteiger partial charge in [0.15, 0.2) is 6.10 Å². The molecule has 0 saturated heterocycles. The number of nitrogens with one attached hydrogen (secondary N) is 1. The third-order valence-electron chi connectivity index (χ3n) is 2.64. The van der Waals surface area contributed by atoms with Crippen LogP contribution in [0.25, 0.3) is 0 Å². The molecule has 0 aliphatic rings. The summed E-state index contributed by atoms with van der Waals surface area (Å²) < 4.78 is 5.54. The summed E-state index contributed by atoms with van der Waals surface area (Å²) in [5.41, 5.74) is 1.01. The van der Waals surface area contributed by atoms with E-state index in [9.17, 15) is 4.79 Å². The van der Waals surface area contributed by atoms with Gasteiger partial charge in [0.25, 0.3) is 5.91 Å². The second-order valence-electron chi connectivity index (χ2n) is 4.15. The smallest absolute Gasteiger partial charge is 0.261 e. The lowest BCUT2D eigenvalue weighted by atomic mass is 10.2. The minimum absolute atomic E-state index is 0.138. The minimum atomic E-state index is -0.524. The molecule has 4 nitrogen and oxygen atoms in total. The highest BCUT2D eigenvalue weighted by Crippen LogP contribution is 2.10. The van der Waals surface area contributed by atoms with E-state index in [4.69, 9.17) is 4.74 Å². The van der Waals surface area contributed by atoms with Crippen LogP contribution in [-0.2, 0) is 11.3 Å². The van der Waals surface area contributed by atoms with E-state index >= 15 is 0 Å². The zero-order valence-corrected chi connectivity index (χ0v) is 10.7. The zero-order valence-electron chi connectivity index (χ0n) is 10.7. The number of para-hydroxylation sites is 1. The first-order valence-corrected chi connectivity index (χ1v) is 6.14. The van der Waals surface area contributed by atoms with Crippen molar-refractivity contribution in [2.24, 2.45) is 0 Å². The Hall–Kier alpha value is -2.36. The van der Waals surface area contributed by atoms with E-state index in [1.54, 1.807) is 19.3 Å². The number of rotatable bonds is 5. The Morgan fingerprint density at radius 2 is 1.89 bits per heavy atom. The van der Waals surface area contributed by atoms with Crippen molar-refractivity contribution in [2.75, 3.05) is 0 Å². The molecular formula is C15H16N2O2. The predicted molar refractivity (Wildman–Crippen MR) is 72.6 cm³/mol. The molecule has 0 radical (unpaired) electrons. The molecule has 1 aromatic carbocycles. The Morgan fingerprint density at radius 3 is 2.58 bits per heavy atom. The quantitative estimate of drug-likeness (QED) is 0.892. The van der Waals surface area contributed by atoms with Gasteiger partial charge in [0.05, 0.1) is 0 Å². The van der Waals surface area contributed by atoms with Gasteiger partial charge in [-0.15, -0.1) is 0 Å². The lowest BCUT2D eigenvalue weighted by molar-refractivity contribution is -0.127. The highest BCUT2D eigenvalue weighted by molar-refractivity contribution is 5.80. The maximum atomic E-state index is 11.9. The van der Waals surface area contributed by atoms with E-state index in [-0.39, 0.29) is 5.91 Å². The normalized spacial score (nSPS) is 11.6. The minimum Gasteiger partial charge on any atom is -0.481 e. The number of carbonyl (C=O) groups excluding carboxylic acids is 1. The van der Waals surface area contributed by atoms with Gasteiger partial charge in [-0.2, -0.15) is 0 Å². The molecule has 1 atom stereocenters. The van der Waals surface area contributed by atoms with Crippen LogP contribution in [-0.4, -0.2) is 17.0 Å². The lowest BCUT2D eigenvalue weighted by Gasteiger charge is -2.14. The Balaban J connectivity index is 1.83. The maximum Gasteiger partial charge on any atom is 0.261 e. The van der Waals surface area contributed by atoms with Gasteiger partial charge in [0.2, 0.25) is 0 Å². The molecule has 0 saturated carbocycles. The highest BCUT2D eigenvalue weighted by atomic mass is 16.5. The fourth-order valence-corrected chi connectivity index (χ4v) is 1.59. The summed E-state index contributed by atoms with van der Waals surface area (Å²) in [5.74, 6) is 0.551. The lowest BCUT2D eigenvalue weighted by Crippen LogP contribution is -2.35. The number of amides is 1. The Labute approximate surface area is 112 Å². The zero-order chi connectivity index (χ0) is 13.5. The number of nitrogens with zero attached hydrogens (tertiary/aromatic N) is 1. The summed E-state index contributed by atoms with van der Waals surface area (Å²) in [6.07, 6.45) is 2.88. The predicted octanol–water partition coefficient (Wildman–Crippen LogP) is 2.17. The third-order valence-corrected chi connectivity index (χ3v) is 2.64. The van der Waals surface area contributed by atoms with E-state index in [2.05, 4.69) is 10.3 Å². The molecule has 0 spiro atoms. The van der Waals surface area contributed by atoms with Crippen LogP contribution < -0.4 is 10.1 Å². The molecule has 0 aliphatic carbocycles. The number of ether oxygens (including phenoxy) is 1. The molecule has 0 fully saturated rings. The van der Waals surface area contributed by atoms with Crippen molar-refractivity contribution in [3.05, 3.63) is 60.4 Å². The van der Waals surface area contributed by atoms with Crippen molar-refractivity contribution in [2.45, 2.75) is 19.6 Å². The molecular weight excluding hydrogens is 240 g/mol. The number of pyridine rings is 1. The van der Waals surface area contributed by atoms with Crippen LogP contribution in [0.15, 0.2) is 54.9 Å². The molecule has 1 N–H and O–H groups in total. The van der Waals surface area contributed by atoms with Gasteiger partial charge in [-0.05, 0) is 36.8 Å². The van der Waals surface area contributed by atoms with Gasteiger partial charge < -0.3 is 10.1 Å². The summed E-state index contributed by atoms with van der Waals surface area (Å²) in [4.78, 5) is 15.8. The first-order chi connectivity index (χ1) is 9.25. The SMILES string of the molecule is C[C@@H](Oc1ccccc1)C(=O)NCc1ccncc1. The van der Waals surface area contributed by atoms with Crippen molar-refractivity contribution < 1.29 is 9.53 Å². The van der Waals surface area contributed by atoms with Gasteiger partial charge in [-0.1, -0.05) is 18.2 Å². The Morgan fingerprint density at radius 1 is 1.21 bits per heavy atom. The molecule has 1 heterocycles. The number of carbonyl (C=O) groups is 1. The van der Waals surface area contributed by atoms with Crippen LogP contribution in [0.3, 0.4) is 0 Å². The monoisotopic (exact) mass is 256 g/mol. The summed E-state index contributed by atoms with van der Waals surface area (Å²) in [5, 5.41) is 2.83. The topological polar surface area (TPSA) is 51.2 Å². The molecule has 0 bridgehead atoms. The number of aromatic nitrogens is 1. The van der Waals surface area contributed by atoms with E-state index in [0.717, 1.165) is 5.56 Å². The first kappa shape index (κ1) is 13.1. The van der Waals surface area contributed by atoms with Gasteiger partial charge >= 0.3 is 0 Å². The number of benzene rings is 1. The van der Waals surface area contributed by atoms with Crippen LogP contribution >= 0.6 is 0 Å². The van der Waals surface area contributed by atoms with Crippen molar-refractivity contribution in [1.29, 1.82) is 0 Å². The number of hydrogen-bond donors (Lipinski definition) is 1. The van der Waals surface area contributed by atoms with E-state index in [0.29, 0.717) is 12.3 Å². The highest BCUT2D eigenvalue weighted by Gasteiger charge is 2.13. The van der Waals surface area contributed by atoms with Gasteiger partial charge in [0, 0.05) is 18.9 Å². The fourth-order valence-electron chi connectivity index (χ4n) is 1.59. The van der Waals surface area contributed by atoms with E-state index in [1.165, 1.54) is 0 Å². The summed E-state index contributed by atoms with van der Waals surface area (Å²) in [7, 11) is 0. The average molecular weight is 256 g/mol. The fraction of sp³-hybridized carbons (Fsp3) is 0.200. The van der Waals surface area contributed by atoms with E-state index in [1.807, 2.05) is 42.5 Å². The molecule has 1 aromatic heterocycles. The third kappa shape index (κ3) is 4.10. The van der Waals surface area contributed by atoms with Crippen LogP contribution in [0, 0.1) is 0 Å². The van der Waals surface area contributed by atoms with Crippen molar-refractivity contribution in [3.8, 4) is 5.75 Å². The average Bonchev–Trinajstić information content (AvgIpc) is 2.47. The molecule has 1 amide bonds. The first-order valence-electron chi connectivity index (χ1n) is 6.14. The second kappa shape index (κ2) is 6.54. The van der Waals surface area contributed by atoms with Gasteiger partial charge in [0.1, 0.15) is 5.75 Å². The van der Waals surface area contributed by atoms with Crippen LogP contribution in [0.5, 0.6) is 5.75 Å². The molecule has 0 unspecified atom stereocenters. The van der Waals surface area contributed by atoms with Crippen molar-refractivity contribution in [1.82, 2.24) is 10.3 Å². The maximum absolute atomic E-state index is 11.9. The van der Waals surface area contributed by atoms with Crippen molar-refractivity contribution in [3.63, 3.8) is 0 Å². The molecule has 2 rings (SSSR count). The molecule has 2 aromatic rings. The largest absolute Gasteiger partial charge is 0.481 e. The molecule has 98 valence electrons. The molecule has 0 aliphatic heterocycles. The van der Waals surface area contributed by atoms with E-state index < -0.39 is 6.10 Å². The van der Waals surface area contributed by atoms with Crippen LogP contribution in [0.4, 0.5) is 0 Å². The van der Waals surface area contributed by atoms with Crippen LogP contribution in [0.1, 0.15) is 12.5 Å². The standard InChI is InChI=1S/C15H16N2O2/c1-12(19-14-5-3-2-4-6-14)15(18)17-11-13-7-9-16-10-8-13/h2-10,12H,11H2,1H3,(H,17,18)/t12-/m1/s1. The van der Waals surface area contributed by atoms with Gasteiger partial charge in [-0.25, -0.2) is 0 Å². The molecule has 4 heteroatoms. The second-order valence-corrected chi connectivity index (χ2v) is 4.15. The van der Waals surface area contributed by atoms with Gasteiger partial charge in [-0.3, -0.25) is 9.78 Å². The summed E-state index contributed by atoms with van der Waals surface area (Å²) >= 11 is 0. The Kier molecular flexibility index (Phi) is 4.50. The van der Waals surface area contributed by atoms with Crippen molar-refractivity contribution >= 4 is 5.91 Å². The number of hydrogen-bond acceptors (Lipinski definition) is 3.